The molecule has 0 bridgehead atoms. The van der Waals surface area contributed by atoms with Crippen molar-refractivity contribution >= 4 is 5.91 Å². The summed E-state index contributed by atoms with van der Waals surface area (Å²) in [5.41, 5.74) is 0. The van der Waals surface area contributed by atoms with Crippen molar-refractivity contribution in [3.05, 3.63) is 0 Å². The fraction of sp³-hybridized carbons (Fsp3) is 0.955. The number of carbonyl (C=O) groups is 1. The van der Waals surface area contributed by atoms with Gasteiger partial charge in [0.1, 0.15) is 0 Å². The third-order valence-corrected chi connectivity index (χ3v) is 4.94. The van der Waals surface area contributed by atoms with Crippen molar-refractivity contribution in [1.29, 1.82) is 0 Å². The summed E-state index contributed by atoms with van der Waals surface area (Å²) in [4.78, 5) is 10.9. The third-order valence-electron chi connectivity index (χ3n) is 4.94. The van der Waals surface area contributed by atoms with E-state index < -0.39 is 0 Å². The SMILES string of the molecule is CCCCCCCCCCCCCCCCCCC(C)NC(C)=O. The average Bonchev–Trinajstić information content (AvgIpc) is 2.53. The van der Waals surface area contributed by atoms with Crippen molar-refractivity contribution in [2.45, 2.75) is 136 Å². The molecule has 1 unspecified atom stereocenters. The summed E-state index contributed by atoms with van der Waals surface area (Å²) >= 11 is 0. The zero-order valence-corrected chi connectivity index (χ0v) is 17.0. The van der Waals surface area contributed by atoms with Crippen LogP contribution in [0.2, 0.25) is 0 Å². The molecule has 2 heteroatoms. The lowest BCUT2D eigenvalue weighted by Crippen LogP contribution is -2.30. The van der Waals surface area contributed by atoms with Gasteiger partial charge in [-0.1, -0.05) is 110 Å². The number of unbranched alkanes of at least 4 members (excludes halogenated alkanes) is 15. The van der Waals surface area contributed by atoms with Gasteiger partial charge in [-0.3, -0.25) is 4.79 Å². The van der Waals surface area contributed by atoms with Gasteiger partial charge in [0.05, 0.1) is 0 Å². The molecule has 2 nitrogen and oxygen atoms in total. The minimum absolute atomic E-state index is 0.0963. The molecular formula is C22H45NO. The molecule has 0 aliphatic carbocycles. The first-order valence-corrected chi connectivity index (χ1v) is 10.9. The molecule has 0 rings (SSSR count). The zero-order valence-electron chi connectivity index (χ0n) is 17.0. The van der Waals surface area contributed by atoms with E-state index >= 15 is 0 Å². The van der Waals surface area contributed by atoms with E-state index in [4.69, 9.17) is 0 Å². The van der Waals surface area contributed by atoms with Gasteiger partial charge in [-0.25, -0.2) is 0 Å². The fourth-order valence-corrected chi connectivity index (χ4v) is 3.42. The van der Waals surface area contributed by atoms with Crippen LogP contribution in [-0.2, 0) is 4.79 Å². The molecule has 0 aromatic carbocycles. The van der Waals surface area contributed by atoms with Gasteiger partial charge in [-0.15, -0.1) is 0 Å². The maximum atomic E-state index is 10.9. The molecule has 0 fully saturated rings. The molecule has 1 N–H and O–H groups in total. The summed E-state index contributed by atoms with van der Waals surface area (Å²) in [6.07, 6.45) is 23.7. The van der Waals surface area contributed by atoms with Crippen molar-refractivity contribution in [2.75, 3.05) is 0 Å². The standard InChI is InChI=1S/C22H45NO/c1-4-5-6-7-8-9-10-11-12-13-14-15-16-17-18-19-20-21(2)23-22(3)24/h21H,4-20H2,1-3H3,(H,23,24). The second kappa shape index (κ2) is 18.8. The largest absolute Gasteiger partial charge is 0.354 e. The van der Waals surface area contributed by atoms with Gasteiger partial charge in [0.25, 0.3) is 0 Å². The van der Waals surface area contributed by atoms with Crippen LogP contribution >= 0.6 is 0 Å². The minimum Gasteiger partial charge on any atom is -0.354 e. The van der Waals surface area contributed by atoms with Crippen LogP contribution in [0.3, 0.4) is 0 Å². The highest BCUT2D eigenvalue weighted by Gasteiger charge is 2.02. The first kappa shape index (κ1) is 23.5. The molecule has 0 aromatic heterocycles. The monoisotopic (exact) mass is 339 g/mol. The van der Waals surface area contributed by atoms with Gasteiger partial charge >= 0.3 is 0 Å². The Morgan fingerprint density at radius 3 is 1.33 bits per heavy atom. The molecule has 0 aromatic rings. The van der Waals surface area contributed by atoms with E-state index in [1.54, 1.807) is 6.92 Å². The molecule has 0 spiro atoms. The molecule has 0 aliphatic rings. The summed E-state index contributed by atoms with van der Waals surface area (Å²) in [6, 6.07) is 0.342. The van der Waals surface area contributed by atoms with E-state index in [0.717, 1.165) is 6.42 Å². The van der Waals surface area contributed by atoms with E-state index in [0.29, 0.717) is 6.04 Å². The maximum absolute atomic E-state index is 10.9. The molecule has 0 aliphatic heterocycles. The highest BCUT2D eigenvalue weighted by molar-refractivity contribution is 5.73. The van der Waals surface area contributed by atoms with Gasteiger partial charge in [0, 0.05) is 13.0 Å². The normalized spacial score (nSPS) is 12.3. The van der Waals surface area contributed by atoms with Crippen LogP contribution in [0.25, 0.3) is 0 Å². The van der Waals surface area contributed by atoms with Crippen LogP contribution in [-0.4, -0.2) is 11.9 Å². The van der Waals surface area contributed by atoms with Crippen LogP contribution in [0.4, 0.5) is 0 Å². The number of amides is 1. The Balaban J connectivity index is 3.06. The Morgan fingerprint density at radius 1 is 0.667 bits per heavy atom. The van der Waals surface area contributed by atoms with Gasteiger partial charge in [-0.2, -0.15) is 0 Å². The highest BCUT2D eigenvalue weighted by atomic mass is 16.1. The second-order valence-electron chi connectivity index (χ2n) is 7.69. The van der Waals surface area contributed by atoms with E-state index in [9.17, 15) is 4.79 Å². The molecule has 0 heterocycles. The summed E-state index contributed by atoms with van der Waals surface area (Å²) in [6.45, 7) is 5.99. The molecule has 0 radical (unpaired) electrons. The molecular weight excluding hydrogens is 294 g/mol. The van der Waals surface area contributed by atoms with Crippen molar-refractivity contribution in [3.8, 4) is 0 Å². The van der Waals surface area contributed by atoms with Gasteiger partial charge in [0.2, 0.25) is 5.91 Å². The summed E-state index contributed by atoms with van der Waals surface area (Å²) in [7, 11) is 0. The van der Waals surface area contributed by atoms with Crippen molar-refractivity contribution in [2.24, 2.45) is 0 Å². The predicted octanol–water partition coefficient (Wildman–Crippen LogP) is 7.16. The van der Waals surface area contributed by atoms with Crippen LogP contribution < -0.4 is 5.32 Å². The van der Waals surface area contributed by atoms with Gasteiger partial charge < -0.3 is 5.32 Å². The number of hydrogen-bond donors (Lipinski definition) is 1. The first-order chi connectivity index (χ1) is 11.7. The third kappa shape index (κ3) is 19.5. The lowest BCUT2D eigenvalue weighted by atomic mass is 10.0. The molecule has 1 atom stereocenters. The Labute approximate surface area is 152 Å². The van der Waals surface area contributed by atoms with Crippen molar-refractivity contribution < 1.29 is 4.79 Å². The molecule has 24 heavy (non-hydrogen) atoms. The Hall–Kier alpha value is -0.530. The topological polar surface area (TPSA) is 29.1 Å². The first-order valence-electron chi connectivity index (χ1n) is 10.9. The van der Waals surface area contributed by atoms with E-state index in [2.05, 4.69) is 19.2 Å². The van der Waals surface area contributed by atoms with Crippen LogP contribution in [0, 0.1) is 0 Å². The number of nitrogens with one attached hydrogen (secondary N) is 1. The quantitative estimate of drug-likeness (QED) is 0.264. The number of hydrogen-bond acceptors (Lipinski definition) is 1. The van der Waals surface area contributed by atoms with E-state index in [1.807, 2.05) is 0 Å². The fourth-order valence-electron chi connectivity index (χ4n) is 3.42. The average molecular weight is 340 g/mol. The summed E-state index contributed by atoms with van der Waals surface area (Å²) < 4.78 is 0. The number of carbonyl (C=O) groups excluding carboxylic acids is 1. The smallest absolute Gasteiger partial charge is 0.217 e. The van der Waals surface area contributed by atoms with Gasteiger partial charge in [-0.05, 0) is 13.3 Å². The minimum atomic E-state index is 0.0963. The zero-order chi connectivity index (χ0) is 17.9. The second-order valence-corrected chi connectivity index (χ2v) is 7.69. The Bertz CT molecular complexity index is 265. The van der Waals surface area contributed by atoms with Crippen LogP contribution in [0.15, 0.2) is 0 Å². The Morgan fingerprint density at radius 2 is 1.00 bits per heavy atom. The molecule has 1 amide bonds. The van der Waals surface area contributed by atoms with E-state index in [1.165, 1.54) is 103 Å². The lowest BCUT2D eigenvalue weighted by molar-refractivity contribution is -0.119. The van der Waals surface area contributed by atoms with E-state index in [-0.39, 0.29) is 5.91 Å². The molecule has 144 valence electrons. The predicted molar refractivity (Wildman–Crippen MR) is 107 cm³/mol. The van der Waals surface area contributed by atoms with Crippen molar-refractivity contribution in [3.63, 3.8) is 0 Å². The summed E-state index contributed by atoms with van der Waals surface area (Å²) in [5, 5.41) is 2.96. The van der Waals surface area contributed by atoms with Crippen LogP contribution in [0.5, 0.6) is 0 Å². The highest BCUT2D eigenvalue weighted by Crippen LogP contribution is 2.14. The summed E-state index contributed by atoms with van der Waals surface area (Å²) in [5.74, 6) is 0.0963. The maximum Gasteiger partial charge on any atom is 0.217 e. The lowest BCUT2D eigenvalue weighted by Gasteiger charge is -2.11. The molecule has 0 saturated carbocycles. The Kier molecular flexibility index (Phi) is 18.4. The van der Waals surface area contributed by atoms with Crippen LogP contribution in [0.1, 0.15) is 130 Å². The van der Waals surface area contributed by atoms with Crippen molar-refractivity contribution in [1.82, 2.24) is 5.32 Å². The van der Waals surface area contributed by atoms with Gasteiger partial charge in [0.15, 0.2) is 0 Å². The molecule has 0 saturated heterocycles. The number of rotatable bonds is 18.